The lowest BCUT2D eigenvalue weighted by atomic mass is 10.2. The molecule has 0 bridgehead atoms. The van der Waals surface area contributed by atoms with Gasteiger partial charge in [0.1, 0.15) is 35.1 Å². The van der Waals surface area contributed by atoms with Crippen LogP contribution in [0.4, 0.5) is 0 Å². The van der Waals surface area contributed by atoms with Gasteiger partial charge in [-0.3, -0.25) is 0 Å². The fraction of sp³-hybridized carbons (Fsp3) is 0.0606. The number of rotatable bonds is 7. The second-order valence-corrected chi connectivity index (χ2v) is 11.6. The molecule has 37 heavy (non-hydrogen) atoms. The average Bonchev–Trinajstić information content (AvgIpc) is 2.99. The number of aliphatic hydroxyl groups is 1. The molecule has 0 unspecified atom stereocenters. The van der Waals surface area contributed by atoms with Gasteiger partial charge in [-0.15, -0.1) is 0 Å². The average molecular weight is 506 g/mol. The molecule has 0 heterocycles. The summed E-state index contributed by atoms with van der Waals surface area (Å²) in [5.74, 6) is -0.398. The quantitative estimate of drug-likeness (QED) is 0.246. The number of benzene rings is 5. The van der Waals surface area contributed by atoms with Gasteiger partial charge in [0.05, 0.1) is 12.2 Å². The molecule has 0 fully saturated rings. The summed E-state index contributed by atoms with van der Waals surface area (Å²) in [4.78, 5) is 11.1. The van der Waals surface area contributed by atoms with Crippen LogP contribution in [0.3, 0.4) is 0 Å². The van der Waals surface area contributed by atoms with Gasteiger partial charge in [-0.1, -0.05) is 91.0 Å². The van der Waals surface area contributed by atoms with E-state index >= 15 is 0 Å². The van der Waals surface area contributed by atoms with Gasteiger partial charge in [-0.05, 0) is 60.7 Å². The summed E-state index contributed by atoms with van der Waals surface area (Å²) in [5, 5.41) is 13.9. The molecular formula is C33H30O3P+. The molecular weight excluding hydrogens is 475 g/mol. The number of esters is 1. The highest BCUT2D eigenvalue weighted by molar-refractivity contribution is 8.01. The van der Waals surface area contributed by atoms with E-state index < -0.39 is 13.2 Å². The van der Waals surface area contributed by atoms with Crippen molar-refractivity contribution in [3.8, 4) is 0 Å². The number of carbonyl (C=O) groups excluding carboxylic acids is 1. The third-order valence-corrected chi connectivity index (χ3v) is 10.2. The second-order valence-electron chi connectivity index (χ2n) is 8.24. The van der Waals surface area contributed by atoms with Crippen molar-refractivity contribution in [2.45, 2.75) is 0 Å². The normalized spacial score (nSPS) is 10.6. The first-order valence-electron chi connectivity index (χ1n) is 12.2. The molecule has 0 amide bonds. The summed E-state index contributed by atoms with van der Waals surface area (Å²) in [6, 6.07) is 52.5. The van der Waals surface area contributed by atoms with Crippen LogP contribution >= 0.6 is 7.26 Å². The Labute approximate surface area is 219 Å². The Morgan fingerprint density at radius 2 is 0.811 bits per heavy atom. The van der Waals surface area contributed by atoms with E-state index in [9.17, 15) is 4.79 Å². The van der Waals surface area contributed by atoms with E-state index in [2.05, 4.69) is 126 Å². The topological polar surface area (TPSA) is 46.5 Å². The lowest BCUT2D eigenvalue weighted by Crippen LogP contribution is -2.38. The van der Waals surface area contributed by atoms with Gasteiger partial charge in [0.25, 0.3) is 0 Å². The van der Waals surface area contributed by atoms with Gasteiger partial charge >= 0.3 is 5.97 Å². The van der Waals surface area contributed by atoms with Crippen LogP contribution in [0.1, 0.15) is 10.4 Å². The Hall–Kier alpha value is -4.04. The molecule has 0 aromatic heterocycles. The lowest BCUT2D eigenvalue weighted by Gasteiger charge is -2.27. The first-order valence-corrected chi connectivity index (χ1v) is 14.0. The zero-order chi connectivity index (χ0) is 25.8. The van der Waals surface area contributed by atoms with Gasteiger partial charge in [-0.25, -0.2) is 4.79 Å². The predicted octanol–water partition coefficient (Wildman–Crippen LogP) is 5.14. The molecule has 0 aliphatic carbocycles. The highest BCUT2D eigenvalue weighted by Crippen LogP contribution is 2.53. The molecule has 0 saturated carbocycles. The predicted molar refractivity (Wildman–Crippen MR) is 155 cm³/mol. The Morgan fingerprint density at radius 3 is 1.11 bits per heavy atom. The maximum atomic E-state index is 11.1. The summed E-state index contributed by atoms with van der Waals surface area (Å²) in [6.07, 6.45) is 0. The van der Waals surface area contributed by atoms with Crippen molar-refractivity contribution in [1.29, 1.82) is 0 Å². The standard InChI is InChI=1S/C24H20P.C9H10O3/c1-5-13-21(14-6-1)25(22-15-7-2-8-16-22,23-17-9-3-10-18-23)24-19-11-4-12-20-24;10-6-7-12-9(11)8-4-2-1-3-5-8/h1-20H;1-5,10H,6-7H2/q+1;. The number of aliphatic hydroxyl groups excluding tert-OH is 1. The van der Waals surface area contributed by atoms with Crippen LogP contribution in [0.5, 0.6) is 0 Å². The Balaban J connectivity index is 0.000000225. The first-order chi connectivity index (χ1) is 18.3. The number of hydrogen-bond donors (Lipinski definition) is 1. The molecule has 0 spiro atoms. The molecule has 4 heteroatoms. The second kappa shape index (κ2) is 13.3. The molecule has 0 radical (unpaired) electrons. The van der Waals surface area contributed by atoms with Gasteiger partial charge < -0.3 is 9.84 Å². The molecule has 0 aliphatic rings. The van der Waals surface area contributed by atoms with Crippen molar-refractivity contribution in [3.05, 3.63) is 157 Å². The minimum Gasteiger partial charge on any atom is -0.460 e. The monoisotopic (exact) mass is 505 g/mol. The van der Waals surface area contributed by atoms with Crippen molar-refractivity contribution < 1.29 is 14.6 Å². The molecule has 0 aliphatic heterocycles. The van der Waals surface area contributed by atoms with Crippen molar-refractivity contribution in [2.75, 3.05) is 13.2 Å². The highest BCUT2D eigenvalue weighted by Gasteiger charge is 2.47. The molecule has 1 N–H and O–H groups in total. The summed E-state index contributed by atoms with van der Waals surface area (Å²) < 4.78 is 4.69. The van der Waals surface area contributed by atoms with E-state index in [4.69, 9.17) is 5.11 Å². The van der Waals surface area contributed by atoms with E-state index in [-0.39, 0.29) is 13.2 Å². The Morgan fingerprint density at radius 1 is 0.514 bits per heavy atom. The summed E-state index contributed by atoms with van der Waals surface area (Å²) >= 11 is 0. The SMILES string of the molecule is O=C(OCCO)c1ccccc1.c1ccc([P+](c2ccccc2)(c2ccccc2)c2ccccc2)cc1. The van der Waals surface area contributed by atoms with E-state index in [0.29, 0.717) is 5.56 Å². The molecule has 3 nitrogen and oxygen atoms in total. The van der Waals surface area contributed by atoms with Crippen LogP contribution in [0, 0.1) is 0 Å². The van der Waals surface area contributed by atoms with Gasteiger partial charge in [0, 0.05) is 0 Å². The third-order valence-electron chi connectivity index (χ3n) is 5.91. The van der Waals surface area contributed by atoms with E-state index in [1.54, 1.807) is 24.3 Å². The molecule has 5 aromatic carbocycles. The molecule has 0 atom stereocenters. The fourth-order valence-electron chi connectivity index (χ4n) is 4.30. The van der Waals surface area contributed by atoms with Crippen LogP contribution in [-0.4, -0.2) is 24.3 Å². The van der Waals surface area contributed by atoms with E-state index in [0.717, 1.165) is 0 Å². The van der Waals surface area contributed by atoms with Gasteiger partial charge in [0.2, 0.25) is 0 Å². The number of ether oxygens (including phenoxy) is 1. The number of hydrogen-bond acceptors (Lipinski definition) is 3. The Kier molecular flexibility index (Phi) is 9.37. The minimum atomic E-state index is -1.91. The highest BCUT2D eigenvalue weighted by atomic mass is 31.2. The van der Waals surface area contributed by atoms with Crippen molar-refractivity contribution in [1.82, 2.24) is 0 Å². The Bertz CT molecular complexity index is 1180. The molecule has 184 valence electrons. The minimum absolute atomic E-state index is 0.0493. The van der Waals surface area contributed by atoms with Crippen molar-refractivity contribution in [2.24, 2.45) is 0 Å². The van der Waals surface area contributed by atoms with Crippen LogP contribution < -0.4 is 21.2 Å². The summed E-state index contributed by atoms with van der Waals surface area (Å²) in [7, 11) is -1.91. The molecule has 5 aromatic rings. The maximum absolute atomic E-state index is 11.1. The van der Waals surface area contributed by atoms with Crippen molar-refractivity contribution in [3.63, 3.8) is 0 Å². The largest absolute Gasteiger partial charge is 0.460 e. The summed E-state index contributed by atoms with van der Waals surface area (Å²) in [6.45, 7) is -0.0910. The summed E-state index contributed by atoms with van der Waals surface area (Å²) in [5.41, 5.74) is 0.506. The van der Waals surface area contributed by atoms with Crippen LogP contribution in [-0.2, 0) is 4.74 Å². The third kappa shape index (κ3) is 6.21. The van der Waals surface area contributed by atoms with E-state index in [1.807, 2.05) is 6.07 Å². The van der Waals surface area contributed by atoms with E-state index in [1.165, 1.54) is 21.2 Å². The van der Waals surface area contributed by atoms with Gasteiger partial charge in [0.15, 0.2) is 0 Å². The van der Waals surface area contributed by atoms with Crippen LogP contribution in [0.25, 0.3) is 0 Å². The number of carbonyl (C=O) groups is 1. The fourth-order valence-corrected chi connectivity index (χ4v) is 8.56. The zero-order valence-electron chi connectivity index (χ0n) is 20.6. The maximum Gasteiger partial charge on any atom is 0.338 e. The molecule has 5 rings (SSSR count). The zero-order valence-corrected chi connectivity index (χ0v) is 21.5. The van der Waals surface area contributed by atoms with Crippen LogP contribution in [0.2, 0.25) is 0 Å². The lowest BCUT2D eigenvalue weighted by molar-refractivity contribution is 0.0434. The van der Waals surface area contributed by atoms with Crippen LogP contribution in [0.15, 0.2) is 152 Å². The first kappa shape index (κ1) is 26.0. The smallest absolute Gasteiger partial charge is 0.338 e. The molecule has 0 saturated heterocycles. The van der Waals surface area contributed by atoms with Crippen molar-refractivity contribution >= 4 is 34.4 Å². The van der Waals surface area contributed by atoms with Gasteiger partial charge in [-0.2, -0.15) is 0 Å².